The normalized spacial score (nSPS) is 10.4. The Morgan fingerprint density at radius 2 is 2.22 bits per heavy atom. The Morgan fingerprint density at radius 1 is 1.50 bits per heavy atom. The summed E-state index contributed by atoms with van der Waals surface area (Å²) < 4.78 is 0. The highest BCUT2D eigenvalue weighted by molar-refractivity contribution is 5.92. The predicted octanol–water partition coefficient (Wildman–Crippen LogP) is 1.34. The van der Waals surface area contributed by atoms with Crippen LogP contribution in [0.4, 0.5) is 0 Å². The first-order chi connectivity index (χ1) is 8.48. The van der Waals surface area contributed by atoms with Crippen LogP contribution in [-0.2, 0) is 0 Å². The van der Waals surface area contributed by atoms with Crippen molar-refractivity contribution in [3.05, 3.63) is 29.6 Å². The van der Waals surface area contributed by atoms with Crippen LogP contribution in [0.15, 0.2) is 18.3 Å². The third-order valence-electron chi connectivity index (χ3n) is 2.64. The van der Waals surface area contributed by atoms with Gasteiger partial charge >= 0.3 is 0 Å². The third-order valence-corrected chi connectivity index (χ3v) is 2.64. The zero-order valence-electron chi connectivity index (χ0n) is 10.9. The van der Waals surface area contributed by atoms with Gasteiger partial charge in [0.15, 0.2) is 0 Å². The average Bonchev–Trinajstić information content (AvgIpc) is 2.36. The monoisotopic (exact) mass is 246 g/mol. The van der Waals surface area contributed by atoms with Crippen LogP contribution in [0.25, 0.3) is 0 Å². The van der Waals surface area contributed by atoms with Crippen LogP contribution in [0.3, 0.4) is 0 Å². The molecule has 0 saturated heterocycles. The molecule has 1 aromatic rings. The molecule has 2 N–H and O–H groups in total. The highest BCUT2D eigenvalue weighted by atomic mass is 16.2. The van der Waals surface area contributed by atoms with Crippen molar-refractivity contribution in [2.24, 2.45) is 0 Å². The Bertz CT molecular complexity index is 467. The number of carbonyl (C=O) groups excluding carboxylic acids is 1. The minimum Gasteiger partial charge on any atom is -0.384 e. The van der Waals surface area contributed by atoms with Crippen molar-refractivity contribution in [3.8, 4) is 11.8 Å². The van der Waals surface area contributed by atoms with Crippen molar-refractivity contribution in [1.29, 1.82) is 0 Å². The zero-order chi connectivity index (χ0) is 13.6. The fourth-order valence-corrected chi connectivity index (χ4v) is 1.20. The van der Waals surface area contributed by atoms with Gasteiger partial charge in [0.05, 0.1) is 0 Å². The number of aliphatic hydroxyl groups excluding tert-OH is 1. The van der Waals surface area contributed by atoms with E-state index in [1.807, 2.05) is 20.8 Å². The van der Waals surface area contributed by atoms with Gasteiger partial charge in [0.25, 0.3) is 5.91 Å². The largest absolute Gasteiger partial charge is 0.384 e. The Morgan fingerprint density at radius 3 is 2.72 bits per heavy atom. The molecule has 0 radical (unpaired) electrons. The Kier molecular flexibility index (Phi) is 4.87. The molecule has 0 unspecified atom stereocenters. The molecule has 0 bridgehead atoms. The van der Waals surface area contributed by atoms with E-state index in [1.54, 1.807) is 12.1 Å². The number of nitrogens with one attached hydrogen (secondary N) is 1. The standard InChI is InChI=1S/C14H18N2O2/c1-4-14(2,3)16-13(18)12-8-7-11(10-15-12)6-5-9-17/h7-8,10,17H,4,9H2,1-3H3,(H,16,18). The second kappa shape index (κ2) is 6.18. The molecule has 0 aromatic carbocycles. The van der Waals surface area contributed by atoms with Crippen LogP contribution < -0.4 is 5.32 Å². The maximum atomic E-state index is 11.9. The first kappa shape index (κ1) is 14.2. The number of rotatable bonds is 3. The molecule has 1 aromatic heterocycles. The molecule has 1 amide bonds. The highest BCUT2D eigenvalue weighted by Crippen LogP contribution is 2.08. The maximum Gasteiger partial charge on any atom is 0.270 e. The van der Waals surface area contributed by atoms with Crippen molar-refractivity contribution in [3.63, 3.8) is 0 Å². The van der Waals surface area contributed by atoms with Gasteiger partial charge in [-0.1, -0.05) is 18.8 Å². The average molecular weight is 246 g/mol. The molecular weight excluding hydrogens is 228 g/mol. The van der Waals surface area contributed by atoms with E-state index in [2.05, 4.69) is 22.1 Å². The number of aliphatic hydroxyl groups is 1. The van der Waals surface area contributed by atoms with Crippen LogP contribution in [0.1, 0.15) is 43.2 Å². The van der Waals surface area contributed by atoms with Crippen molar-refractivity contribution >= 4 is 5.91 Å². The van der Waals surface area contributed by atoms with E-state index in [9.17, 15) is 4.79 Å². The summed E-state index contributed by atoms with van der Waals surface area (Å²) in [5.41, 5.74) is 0.801. The van der Waals surface area contributed by atoms with Crippen LogP contribution in [-0.4, -0.2) is 28.1 Å². The van der Waals surface area contributed by atoms with E-state index in [-0.39, 0.29) is 18.1 Å². The molecule has 0 saturated carbocycles. The Labute approximate surface area is 107 Å². The molecule has 96 valence electrons. The summed E-state index contributed by atoms with van der Waals surface area (Å²) in [6.45, 7) is 5.76. The molecule has 1 rings (SSSR count). The molecule has 0 aliphatic heterocycles. The van der Waals surface area contributed by atoms with Gasteiger partial charge in [0, 0.05) is 17.3 Å². The molecular formula is C14H18N2O2. The third kappa shape index (κ3) is 4.19. The molecule has 18 heavy (non-hydrogen) atoms. The van der Waals surface area contributed by atoms with Gasteiger partial charge < -0.3 is 10.4 Å². The quantitative estimate of drug-likeness (QED) is 0.791. The van der Waals surface area contributed by atoms with Gasteiger partial charge in [0.1, 0.15) is 12.3 Å². The predicted molar refractivity (Wildman–Crippen MR) is 70.0 cm³/mol. The summed E-state index contributed by atoms with van der Waals surface area (Å²) >= 11 is 0. The Hall–Kier alpha value is -1.86. The van der Waals surface area contributed by atoms with E-state index < -0.39 is 0 Å². The number of aromatic nitrogens is 1. The number of nitrogens with zero attached hydrogens (tertiary/aromatic N) is 1. The minimum atomic E-state index is -0.242. The van der Waals surface area contributed by atoms with E-state index in [0.717, 1.165) is 6.42 Å². The summed E-state index contributed by atoms with van der Waals surface area (Å²) in [5.74, 6) is 5.06. The van der Waals surface area contributed by atoms with Crippen molar-refractivity contribution in [2.75, 3.05) is 6.61 Å². The van der Waals surface area contributed by atoms with E-state index in [4.69, 9.17) is 5.11 Å². The minimum absolute atomic E-state index is 0.188. The lowest BCUT2D eigenvalue weighted by atomic mass is 10.0. The number of hydrogen-bond acceptors (Lipinski definition) is 3. The van der Waals surface area contributed by atoms with Crippen molar-refractivity contribution < 1.29 is 9.90 Å². The highest BCUT2D eigenvalue weighted by Gasteiger charge is 2.19. The maximum absolute atomic E-state index is 11.9. The SMILES string of the molecule is CCC(C)(C)NC(=O)c1ccc(C#CCO)cn1. The number of pyridine rings is 1. The Balaban J connectivity index is 2.76. The van der Waals surface area contributed by atoms with Crippen molar-refractivity contribution in [2.45, 2.75) is 32.7 Å². The van der Waals surface area contributed by atoms with Gasteiger partial charge in [0.2, 0.25) is 0 Å². The smallest absolute Gasteiger partial charge is 0.270 e. The summed E-state index contributed by atoms with van der Waals surface area (Å²) in [6, 6.07) is 3.34. The topological polar surface area (TPSA) is 62.2 Å². The van der Waals surface area contributed by atoms with Gasteiger partial charge in [-0.3, -0.25) is 4.79 Å². The first-order valence-corrected chi connectivity index (χ1v) is 5.87. The van der Waals surface area contributed by atoms with Crippen LogP contribution in [0.2, 0.25) is 0 Å². The second-order valence-corrected chi connectivity index (χ2v) is 4.58. The lowest BCUT2D eigenvalue weighted by Gasteiger charge is -2.24. The van der Waals surface area contributed by atoms with Crippen LogP contribution >= 0.6 is 0 Å². The number of carbonyl (C=O) groups is 1. The summed E-state index contributed by atoms with van der Waals surface area (Å²) in [7, 11) is 0. The van der Waals surface area contributed by atoms with E-state index in [1.165, 1.54) is 6.20 Å². The summed E-state index contributed by atoms with van der Waals surface area (Å²) in [5, 5.41) is 11.5. The number of amides is 1. The van der Waals surface area contributed by atoms with E-state index in [0.29, 0.717) is 11.3 Å². The molecule has 4 nitrogen and oxygen atoms in total. The lowest BCUT2D eigenvalue weighted by Crippen LogP contribution is -2.43. The molecule has 0 aliphatic rings. The molecule has 0 aliphatic carbocycles. The first-order valence-electron chi connectivity index (χ1n) is 5.87. The van der Waals surface area contributed by atoms with Gasteiger partial charge in [-0.05, 0) is 32.4 Å². The molecule has 1 heterocycles. The number of hydrogen-bond donors (Lipinski definition) is 2. The summed E-state index contributed by atoms with van der Waals surface area (Å²) in [4.78, 5) is 15.9. The second-order valence-electron chi connectivity index (χ2n) is 4.58. The fraction of sp³-hybridized carbons (Fsp3) is 0.429. The van der Waals surface area contributed by atoms with Gasteiger partial charge in [-0.25, -0.2) is 4.98 Å². The van der Waals surface area contributed by atoms with Crippen molar-refractivity contribution in [1.82, 2.24) is 10.3 Å². The van der Waals surface area contributed by atoms with E-state index >= 15 is 0 Å². The molecule has 0 atom stereocenters. The zero-order valence-corrected chi connectivity index (χ0v) is 10.9. The molecule has 4 heteroatoms. The fourth-order valence-electron chi connectivity index (χ4n) is 1.20. The summed E-state index contributed by atoms with van der Waals surface area (Å²) in [6.07, 6.45) is 2.37. The molecule has 0 fully saturated rings. The lowest BCUT2D eigenvalue weighted by molar-refractivity contribution is 0.0906. The van der Waals surface area contributed by atoms with Gasteiger partial charge in [-0.15, -0.1) is 0 Å². The van der Waals surface area contributed by atoms with Gasteiger partial charge in [-0.2, -0.15) is 0 Å². The van der Waals surface area contributed by atoms with Crippen LogP contribution in [0, 0.1) is 11.8 Å². The molecule has 0 spiro atoms. The van der Waals surface area contributed by atoms with Crippen LogP contribution in [0.5, 0.6) is 0 Å².